The van der Waals surface area contributed by atoms with Gasteiger partial charge in [-0.05, 0) is 37.8 Å². The minimum atomic E-state index is 0.184. The van der Waals surface area contributed by atoms with Crippen LogP contribution in [0.15, 0.2) is 24.3 Å². The molecule has 2 heterocycles. The van der Waals surface area contributed by atoms with E-state index in [4.69, 9.17) is 9.47 Å². The highest BCUT2D eigenvalue weighted by atomic mass is 16.5. The van der Waals surface area contributed by atoms with Crippen LogP contribution in [0.1, 0.15) is 38.7 Å². The van der Waals surface area contributed by atoms with E-state index in [1.54, 1.807) is 0 Å². The second-order valence-electron chi connectivity index (χ2n) is 6.08. The number of ether oxygens (including phenoxy) is 2. The average Bonchev–Trinajstić information content (AvgIpc) is 2.88. The van der Waals surface area contributed by atoms with Crippen LogP contribution in [-0.4, -0.2) is 30.9 Å². The van der Waals surface area contributed by atoms with Crippen molar-refractivity contribution in [2.75, 3.05) is 6.61 Å². The zero-order valence-corrected chi connectivity index (χ0v) is 12.5. The molecule has 1 fully saturated rings. The lowest BCUT2D eigenvalue weighted by Crippen LogP contribution is -2.50. The van der Waals surface area contributed by atoms with Gasteiger partial charge in [-0.1, -0.05) is 25.1 Å². The van der Waals surface area contributed by atoms with Crippen LogP contribution < -0.4 is 10.1 Å². The molecular formula is C17H25NO2. The average molecular weight is 275 g/mol. The summed E-state index contributed by atoms with van der Waals surface area (Å²) in [5, 5.41) is 3.64. The summed E-state index contributed by atoms with van der Waals surface area (Å²) < 4.78 is 12.1. The van der Waals surface area contributed by atoms with Gasteiger partial charge in [0, 0.05) is 18.5 Å². The van der Waals surface area contributed by atoms with Gasteiger partial charge >= 0.3 is 0 Å². The van der Waals surface area contributed by atoms with Gasteiger partial charge in [-0.2, -0.15) is 0 Å². The molecule has 2 aliphatic rings. The Bertz CT molecular complexity index is 423. The summed E-state index contributed by atoms with van der Waals surface area (Å²) in [5.41, 5.74) is 1.31. The monoisotopic (exact) mass is 275 g/mol. The summed E-state index contributed by atoms with van der Waals surface area (Å²) in [6.07, 6.45) is 4.98. The third kappa shape index (κ3) is 2.99. The Morgan fingerprint density at radius 1 is 1.30 bits per heavy atom. The maximum Gasteiger partial charge on any atom is 0.126 e. The van der Waals surface area contributed by atoms with Crippen molar-refractivity contribution in [1.82, 2.24) is 5.32 Å². The summed E-state index contributed by atoms with van der Waals surface area (Å²) in [6, 6.07) is 9.41. The number of hydrogen-bond donors (Lipinski definition) is 1. The maximum absolute atomic E-state index is 6.16. The van der Waals surface area contributed by atoms with E-state index in [1.807, 2.05) is 12.1 Å². The van der Waals surface area contributed by atoms with E-state index in [9.17, 15) is 0 Å². The molecule has 0 aliphatic carbocycles. The molecule has 3 heteroatoms. The van der Waals surface area contributed by atoms with Gasteiger partial charge in [0.25, 0.3) is 0 Å². The lowest BCUT2D eigenvalue weighted by molar-refractivity contribution is -0.0307. The van der Waals surface area contributed by atoms with Crippen LogP contribution in [0.2, 0.25) is 0 Å². The predicted octanol–water partition coefficient (Wildman–Crippen LogP) is 2.93. The van der Waals surface area contributed by atoms with Crippen molar-refractivity contribution in [2.24, 2.45) is 0 Å². The minimum absolute atomic E-state index is 0.184. The van der Waals surface area contributed by atoms with E-state index >= 15 is 0 Å². The lowest BCUT2D eigenvalue weighted by atomic mass is 9.95. The Morgan fingerprint density at radius 2 is 2.15 bits per heavy atom. The number of para-hydroxylation sites is 1. The number of hydrogen-bond acceptors (Lipinski definition) is 3. The highest BCUT2D eigenvalue weighted by Gasteiger charge is 2.29. The summed E-state index contributed by atoms with van der Waals surface area (Å²) in [6.45, 7) is 5.19. The second kappa shape index (κ2) is 6.15. The topological polar surface area (TPSA) is 30.5 Å². The third-order valence-electron chi connectivity index (χ3n) is 4.48. The molecule has 20 heavy (non-hydrogen) atoms. The molecule has 0 bridgehead atoms. The second-order valence-corrected chi connectivity index (χ2v) is 6.08. The molecule has 1 aromatic carbocycles. The van der Waals surface area contributed by atoms with E-state index < -0.39 is 0 Å². The molecule has 3 nitrogen and oxygen atoms in total. The van der Waals surface area contributed by atoms with E-state index in [-0.39, 0.29) is 6.10 Å². The highest BCUT2D eigenvalue weighted by Crippen LogP contribution is 2.29. The van der Waals surface area contributed by atoms with Gasteiger partial charge in [0.05, 0.1) is 12.7 Å². The highest BCUT2D eigenvalue weighted by molar-refractivity contribution is 5.37. The van der Waals surface area contributed by atoms with Gasteiger partial charge < -0.3 is 14.8 Å². The molecule has 0 spiro atoms. The number of fused-ring (bicyclic) bond motifs is 1. The Kier molecular flexibility index (Phi) is 4.27. The first-order valence-electron chi connectivity index (χ1n) is 7.88. The zero-order chi connectivity index (χ0) is 13.9. The Balaban J connectivity index is 1.51. The van der Waals surface area contributed by atoms with Crippen molar-refractivity contribution in [3.8, 4) is 5.75 Å². The fourth-order valence-electron chi connectivity index (χ4n) is 3.33. The van der Waals surface area contributed by atoms with Gasteiger partial charge in [0.15, 0.2) is 0 Å². The quantitative estimate of drug-likeness (QED) is 0.916. The Hall–Kier alpha value is -1.06. The standard InChI is InChI=1S/C17H25NO2/c1-3-15-17(9-8-12(2)18-15)19-11-14-10-13-6-4-5-7-16(13)20-14/h4-7,12,14-15,17-18H,3,8-11H2,1-2H3. The van der Waals surface area contributed by atoms with Crippen molar-refractivity contribution >= 4 is 0 Å². The largest absolute Gasteiger partial charge is 0.487 e. The van der Waals surface area contributed by atoms with Crippen LogP contribution >= 0.6 is 0 Å². The summed E-state index contributed by atoms with van der Waals surface area (Å²) in [4.78, 5) is 0. The summed E-state index contributed by atoms with van der Waals surface area (Å²) in [7, 11) is 0. The molecule has 0 amide bonds. The maximum atomic E-state index is 6.16. The SMILES string of the molecule is CCC1NC(C)CCC1OCC1Cc2ccccc2O1. The molecule has 0 aromatic heterocycles. The minimum Gasteiger partial charge on any atom is -0.487 e. The first kappa shape index (κ1) is 13.9. The van der Waals surface area contributed by atoms with Crippen molar-refractivity contribution in [2.45, 2.75) is 63.8 Å². The molecule has 110 valence electrons. The zero-order valence-electron chi connectivity index (χ0n) is 12.5. The van der Waals surface area contributed by atoms with E-state index in [2.05, 4.69) is 31.3 Å². The van der Waals surface area contributed by atoms with E-state index in [0.29, 0.717) is 24.8 Å². The number of benzene rings is 1. The van der Waals surface area contributed by atoms with E-state index in [1.165, 1.54) is 12.0 Å². The van der Waals surface area contributed by atoms with Crippen molar-refractivity contribution in [1.29, 1.82) is 0 Å². The normalized spacial score (nSPS) is 32.7. The molecule has 4 unspecified atom stereocenters. The van der Waals surface area contributed by atoms with Crippen LogP contribution in [0.3, 0.4) is 0 Å². The fraction of sp³-hybridized carbons (Fsp3) is 0.647. The Labute approximate surface area is 121 Å². The van der Waals surface area contributed by atoms with Crippen LogP contribution in [0.25, 0.3) is 0 Å². The summed E-state index contributed by atoms with van der Waals surface area (Å²) >= 11 is 0. The molecule has 1 aromatic rings. The first-order valence-corrected chi connectivity index (χ1v) is 7.88. The molecular weight excluding hydrogens is 250 g/mol. The molecule has 0 saturated carbocycles. The van der Waals surface area contributed by atoms with Gasteiger partial charge in [-0.3, -0.25) is 0 Å². The number of nitrogens with one attached hydrogen (secondary N) is 1. The van der Waals surface area contributed by atoms with E-state index in [0.717, 1.165) is 25.0 Å². The van der Waals surface area contributed by atoms with Crippen molar-refractivity contribution < 1.29 is 9.47 Å². The molecule has 3 rings (SSSR count). The number of piperidine rings is 1. The van der Waals surface area contributed by atoms with Gasteiger partial charge in [0.1, 0.15) is 11.9 Å². The number of rotatable bonds is 4. The Morgan fingerprint density at radius 3 is 2.95 bits per heavy atom. The van der Waals surface area contributed by atoms with Crippen LogP contribution in [0.5, 0.6) is 5.75 Å². The molecule has 2 aliphatic heterocycles. The third-order valence-corrected chi connectivity index (χ3v) is 4.48. The lowest BCUT2D eigenvalue weighted by Gasteiger charge is -2.36. The summed E-state index contributed by atoms with van der Waals surface area (Å²) in [5.74, 6) is 1.03. The van der Waals surface area contributed by atoms with Gasteiger partial charge in [0.2, 0.25) is 0 Å². The van der Waals surface area contributed by atoms with Crippen LogP contribution in [0.4, 0.5) is 0 Å². The van der Waals surface area contributed by atoms with Gasteiger partial charge in [-0.25, -0.2) is 0 Å². The van der Waals surface area contributed by atoms with Gasteiger partial charge in [-0.15, -0.1) is 0 Å². The fourth-order valence-corrected chi connectivity index (χ4v) is 3.33. The van der Waals surface area contributed by atoms with Crippen molar-refractivity contribution in [3.63, 3.8) is 0 Å². The van der Waals surface area contributed by atoms with Crippen LogP contribution in [0, 0.1) is 0 Å². The molecule has 0 radical (unpaired) electrons. The van der Waals surface area contributed by atoms with Crippen molar-refractivity contribution in [3.05, 3.63) is 29.8 Å². The first-order chi connectivity index (χ1) is 9.76. The molecule has 1 saturated heterocycles. The smallest absolute Gasteiger partial charge is 0.126 e. The van der Waals surface area contributed by atoms with Crippen LogP contribution in [-0.2, 0) is 11.2 Å². The molecule has 1 N–H and O–H groups in total. The predicted molar refractivity (Wildman–Crippen MR) is 80.2 cm³/mol. The molecule has 4 atom stereocenters.